The highest BCUT2D eigenvalue weighted by Gasteiger charge is 2.21. The van der Waals surface area contributed by atoms with E-state index >= 15 is 0 Å². The molecule has 2 heterocycles. The number of ether oxygens (including phenoxy) is 2. The first-order valence-electron chi connectivity index (χ1n) is 12.8. The van der Waals surface area contributed by atoms with Crippen LogP contribution in [0.15, 0.2) is 30.5 Å². The Labute approximate surface area is 239 Å². The van der Waals surface area contributed by atoms with E-state index in [1.165, 1.54) is 20.2 Å². The van der Waals surface area contributed by atoms with Gasteiger partial charge in [-0.3, -0.25) is 9.59 Å². The fraction of sp³-hybridized carbons (Fsp3) is 0.310. The number of halogens is 4. The number of amides is 1. The zero-order valence-corrected chi connectivity index (χ0v) is 23.0. The maximum atomic E-state index is 13.8. The molecule has 0 aliphatic carbocycles. The van der Waals surface area contributed by atoms with Crippen molar-refractivity contribution in [3.05, 3.63) is 70.6 Å². The molecule has 2 N–H and O–H groups in total. The third kappa shape index (κ3) is 7.13. The number of likely N-dealkylation sites (tertiary alicyclic amines) is 1. The van der Waals surface area contributed by atoms with Gasteiger partial charge < -0.3 is 25.0 Å². The average molecular weight is 586 g/mol. The van der Waals surface area contributed by atoms with Crippen LogP contribution in [-0.2, 0) is 0 Å². The molecule has 13 heteroatoms. The number of nitrogens with zero attached hydrogens (tertiary/aromatic N) is 3. The van der Waals surface area contributed by atoms with Crippen LogP contribution in [0.5, 0.6) is 11.5 Å². The number of carbonyl (C=O) groups excluding carboxylic acids is 2. The van der Waals surface area contributed by atoms with Crippen LogP contribution in [0, 0.1) is 35.1 Å². The van der Waals surface area contributed by atoms with Crippen molar-refractivity contribution in [1.29, 1.82) is 0 Å². The number of Topliss-reactive ketones (excluding diaryl/α,β-unsaturated/α-hetero) is 1. The smallest absolute Gasteiger partial charge is 0.251 e. The molecule has 0 radical (unpaired) electrons. The second-order valence-corrected chi connectivity index (χ2v) is 9.49. The molecule has 0 saturated carbocycles. The Morgan fingerprint density at radius 2 is 1.79 bits per heavy atom. The van der Waals surface area contributed by atoms with E-state index in [0.717, 1.165) is 25.9 Å². The van der Waals surface area contributed by atoms with Crippen molar-refractivity contribution in [3.8, 4) is 23.3 Å². The van der Waals surface area contributed by atoms with E-state index in [2.05, 4.69) is 37.3 Å². The molecule has 1 aliphatic rings. The summed E-state index contributed by atoms with van der Waals surface area (Å²) in [7, 11) is 3.48. The van der Waals surface area contributed by atoms with E-state index in [1.54, 1.807) is 18.2 Å². The molecule has 0 bridgehead atoms. The molecule has 42 heavy (non-hydrogen) atoms. The van der Waals surface area contributed by atoms with E-state index < -0.39 is 41.4 Å². The molecule has 220 valence electrons. The van der Waals surface area contributed by atoms with Gasteiger partial charge in [0.2, 0.25) is 17.6 Å². The molecule has 1 amide bonds. The Kier molecular flexibility index (Phi) is 9.59. The topological polar surface area (TPSA) is 106 Å². The normalized spacial score (nSPS) is 13.6. The van der Waals surface area contributed by atoms with Crippen LogP contribution < -0.4 is 20.1 Å². The van der Waals surface area contributed by atoms with E-state index in [0.29, 0.717) is 17.0 Å². The lowest BCUT2D eigenvalue weighted by atomic mass is 10.0. The zero-order valence-electron chi connectivity index (χ0n) is 23.0. The largest absolute Gasteiger partial charge is 0.495 e. The summed E-state index contributed by atoms with van der Waals surface area (Å²) in [6, 6.07) is 4.95. The molecule has 3 aromatic rings. The summed E-state index contributed by atoms with van der Waals surface area (Å²) in [6.45, 7) is 2.41. The molecule has 1 aromatic heterocycles. The van der Waals surface area contributed by atoms with E-state index in [1.807, 2.05) is 7.05 Å². The Balaban J connectivity index is 1.50. The lowest BCUT2D eigenvalue weighted by Gasteiger charge is -2.29. The molecular formula is C29H27F4N5O4. The number of ketones is 1. The number of hydrogen-bond acceptors (Lipinski definition) is 8. The molecule has 0 unspecified atom stereocenters. The van der Waals surface area contributed by atoms with E-state index in [-0.39, 0.29) is 35.2 Å². The number of methoxy groups -OCH3 is 1. The summed E-state index contributed by atoms with van der Waals surface area (Å²) < 4.78 is 64.6. The van der Waals surface area contributed by atoms with Crippen LogP contribution in [0.4, 0.5) is 29.2 Å². The van der Waals surface area contributed by atoms with Crippen LogP contribution in [0.3, 0.4) is 0 Å². The predicted octanol–water partition coefficient (Wildman–Crippen LogP) is 4.24. The Morgan fingerprint density at radius 3 is 2.43 bits per heavy atom. The van der Waals surface area contributed by atoms with Gasteiger partial charge in [-0.05, 0) is 64.0 Å². The van der Waals surface area contributed by atoms with Crippen molar-refractivity contribution in [1.82, 2.24) is 20.2 Å². The number of rotatable bonds is 8. The SMILES string of the molecule is COc1cc(C(=O)NC2CCN(C)CC2)ccc1Nc1ncc(C(C)=O)c(C#CCOc2c(F)c(F)cc(F)c2F)n1. The monoisotopic (exact) mass is 585 g/mol. The van der Waals surface area contributed by atoms with Gasteiger partial charge in [-0.25, -0.2) is 18.7 Å². The van der Waals surface area contributed by atoms with Crippen LogP contribution in [-0.4, -0.2) is 66.5 Å². The highest BCUT2D eigenvalue weighted by molar-refractivity contribution is 5.96. The fourth-order valence-electron chi connectivity index (χ4n) is 4.18. The van der Waals surface area contributed by atoms with Gasteiger partial charge >= 0.3 is 0 Å². The summed E-state index contributed by atoms with van der Waals surface area (Å²) >= 11 is 0. The van der Waals surface area contributed by atoms with Crippen molar-refractivity contribution < 1.29 is 36.6 Å². The van der Waals surface area contributed by atoms with Crippen LogP contribution >= 0.6 is 0 Å². The Bertz CT molecular complexity index is 1540. The van der Waals surface area contributed by atoms with Crippen LogP contribution in [0.25, 0.3) is 0 Å². The number of nitrogens with one attached hydrogen (secondary N) is 2. The average Bonchev–Trinajstić information content (AvgIpc) is 2.97. The lowest BCUT2D eigenvalue weighted by molar-refractivity contribution is 0.0916. The van der Waals surface area contributed by atoms with Gasteiger partial charge in [0.15, 0.2) is 23.2 Å². The summed E-state index contributed by atoms with van der Waals surface area (Å²) in [5, 5.41) is 5.99. The number of piperidine rings is 1. The highest BCUT2D eigenvalue weighted by Crippen LogP contribution is 2.29. The van der Waals surface area contributed by atoms with Crippen molar-refractivity contribution >= 4 is 23.3 Å². The maximum Gasteiger partial charge on any atom is 0.251 e. The van der Waals surface area contributed by atoms with Gasteiger partial charge in [0.25, 0.3) is 5.91 Å². The minimum Gasteiger partial charge on any atom is -0.495 e. The minimum atomic E-state index is -1.70. The maximum absolute atomic E-state index is 13.8. The summed E-state index contributed by atoms with van der Waals surface area (Å²) in [4.78, 5) is 35.4. The molecular weight excluding hydrogens is 558 g/mol. The zero-order chi connectivity index (χ0) is 30.4. The Hall–Kier alpha value is -4.70. The molecule has 1 fully saturated rings. The number of carbonyl (C=O) groups is 2. The second kappa shape index (κ2) is 13.3. The van der Waals surface area contributed by atoms with Gasteiger partial charge in [-0.15, -0.1) is 0 Å². The number of anilines is 2. The van der Waals surface area contributed by atoms with Crippen LogP contribution in [0.1, 0.15) is 46.2 Å². The third-order valence-electron chi connectivity index (χ3n) is 6.50. The first kappa shape index (κ1) is 30.3. The first-order chi connectivity index (χ1) is 20.1. The number of hydrogen-bond donors (Lipinski definition) is 2. The Morgan fingerprint density at radius 1 is 1.10 bits per heavy atom. The van der Waals surface area contributed by atoms with Gasteiger partial charge in [0, 0.05) is 23.9 Å². The molecule has 0 atom stereocenters. The fourth-order valence-corrected chi connectivity index (χ4v) is 4.18. The number of aromatic nitrogens is 2. The second-order valence-electron chi connectivity index (χ2n) is 9.49. The van der Waals surface area contributed by atoms with Crippen molar-refractivity contribution in [2.45, 2.75) is 25.8 Å². The van der Waals surface area contributed by atoms with Crippen molar-refractivity contribution in [3.63, 3.8) is 0 Å². The molecule has 2 aromatic carbocycles. The number of benzene rings is 2. The first-order valence-corrected chi connectivity index (χ1v) is 12.8. The van der Waals surface area contributed by atoms with Crippen molar-refractivity contribution in [2.75, 3.05) is 39.2 Å². The standard InChI is InChI=1S/C29H27F4N5O4/c1-16(39)19-15-34-29(36-22(19)5-4-12-42-27-25(32)20(30)14-21(31)26(27)33)37-23-7-6-17(13-24(23)41-3)28(40)35-18-8-10-38(2)11-9-18/h6-7,13-15,18H,8-12H2,1-3H3,(H,35,40)(H,34,36,37). The molecule has 0 spiro atoms. The van der Waals surface area contributed by atoms with Crippen LogP contribution in [0.2, 0.25) is 0 Å². The molecule has 4 rings (SSSR count). The summed E-state index contributed by atoms with van der Waals surface area (Å²) in [5.74, 6) is -3.22. The quantitative estimate of drug-likeness (QED) is 0.175. The van der Waals surface area contributed by atoms with E-state index in [9.17, 15) is 27.2 Å². The third-order valence-corrected chi connectivity index (χ3v) is 6.50. The van der Waals surface area contributed by atoms with Gasteiger partial charge in [0.05, 0.1) is 18.4 Å². The van der Waals surface area contributed by atoms with Gasteiger partial charge in [-0.2, -0.15) is 8.78 Å². The molecule has 1 aliphatic heterocycles. The van der Waals surface area contributed by atoms with Gasteiger partial charge in [-0.1, -0.05) is 5.92 Å². The van der Waals surface area contributed by atoms with E-state index in [4.69, 9.17) is 9.47 Å². The molecule has 1 saturated heterocycles. The van der Waals surface area contributed by atoms with Gasteiger partial charge in [0.1, 0.15) is 18.1 Å². The van der Waals surface area contributed by atoms with Crippen molar-refractivity contribution in [2.24, 2.45) is 0 Å². The minimum absolute atomic E-state index is 0.0244. The predicted molar refractivity (Wildman–Crippen MR) is 145 cm³/mol. The summed E-state index contributed by atoms with van der Waals surface area (Å²) in [5.41, 5.74) is 0.838. The molecule has 9 nitrogen and oxygen atoms in total. The highest BCUT2D eigenvalue weighted by atomic mass is 19.2. The summed E-state index contributed by atoms with van der Waals surface area (Å²) in [6.07, 6.45) is 2.96. The lowest BCUT2D eigenvalue weighted by Crippen LogP contribution is -2.43.